The van der Waals surface area contributed by atoms with Crippen molar-refractivity contribution in [1.29, 1.82) is 0 Å². The van der Waals surface area contributed by atoms with Crippen LogP contribution in [0.5, 0.6) is 0 Å². The first kappa shape index (κ1) is 9.68. The minimum atomic E-state index is -1.18. The first-order valence-corrected chi connectivity index (χ1v) is 3.17. The van der Waals surface area contributed by atoms with Crippen molar-refractivity contribution in [3.8, 4) is 0 Å². The Bertz CT molecular complexity index is 214. The largest absolute Gasteiger partial charge is 0.478 e. The summed E-state index contributed by atoms with van der Waals surface area (Å²) in [5.41, 5.74) is -0.141. The molecule has 0 unspecified atom stereocenters. The number of carboxylic acid groups (broad SMARTS) is 2. The van der Waals surface area contributed by atoms with Crippen LogP contribution in [0.15, 0.2) is 11.1 Å². The van der Waals surface area contributed by atoms with E-state index in [1.807, 2.05) is 0 Å². The summed E-state index contributed by atoms with van der Waals surface area (Å²) in [7, 11) is 0. The van der Waals surface area contributed by atoms with Gasteiger partial charge in [-0.2, -0.15) is 0 Å². The summed E-state index contributed by atoms with van der Waals surface area (Å²) >= 11 is 0. The van der Waals surface area contributed by atoms with Gasteiger partial charge in [-0.25, -0.2) is 9.59 Å². The minimum Gasteiger partial charge on any atom is -0.478 e. The molecule has 11 heavy (non-hydrogen) atoms. The van der Waals surface area contributed by atoms with E-state index in [9.17, 15) is 9.59 Å². The highest BCUT2D eigenvalue weighted by atomic mass is 16.4. The monoisotopic (exact) mass is 158 g/mol. The Balaban J connectivity index is 4.83. The second kappa shape index (κ2) is 3.75. The normalized spacial score (nSPS) is 12.2. The van der Waals surface area contributed by atoms with E-state index in [0.29, 0.717) is 0 Å². The molecule has 0 radical (unpaired) electrons. The molecule has 0 atom stereocenters. The molecule has 0 aromatic heterocycles. The lowest BCUT2D eigenvalue weighted by molar-refractivity contribution is -0.136. The number of carbonyl (C=O) groups is 2. The van der Waals surface area contributed by atoms with E-state index in [1.165, 1.54) is 6.92 Å². The van der Waals surface area contributed by atoms with Gasteiger partial charge in [-0.15, -0.1) is 0 Å². The van der Waals surface area contributed by atoms with Crippen LogP contribution in [0.1, 0.15) is 20.3 Å². The quantitative estimate of drug-likeness (QED) is 0.598. The molecule has 0 saturated heterocycles. The van der Waals surface area contributed by atoms with Gasteiger partial charge in [0.25, 0.3) is 0 Å². The molecule has 0 fully saturated rings. The SMILES string of the molecule is CC/C(C(=O)O)=C(\C)C(=O)O. The summed E-state index contributed by atoms with van der Waals surface area (Å²) < 4.78 is 0. The van der Waals surface area contributed by atoms with E-state index < -0.39 is 11.9 Å². The van der Waals surface area contributed by atoms with Gasteiger partial charge in [0.1, 0.15) is 0 Å². The van der Waals surface area contributed by atoms with Crippen molar-refractivity contribution in [3.63, 3.8) is 0 Å². The minimum absolute atomic E-state index is 0.0440. The van der Waals surface area contributed by atoms with E-state index in [-0.39, 0.29) is 17.6 Å². The zero-order valence-electron chi connectivity index (χ0n) is 6.42. The lowest BCUT2D eigenvalue weighted by atomic mass is 10.1. The zero-order valence-corrected chi connectivity index (χ0v) is 6.42. The molecule has 0 amide bonds. The van der Waals surface area contributed by atoms with Gasteiger partial charge in [-0.05, 0) is 13.3 Å². The van der Waals surface area contributed by atoms with Crippen molar-refractivity contribution in [3.05, 3.63) is 11.1 Å². The fraction of sp³-hybridized carbons (Fsp3) is 0.429. The number of carboxylic acids is 2. The Labute approximate surface area is 64.2 Å². The van der Waals surface area contributed by atoms with E-state index in [4.69, 9.17) is 10.2 Å². The number of aliphatic carboxylic acids is 2. The fourth-order valence-electron chi connectivity index (χ4n) is 0.706. The molecule has 0 saturated carbocycles. The third-order valence-corrected chi connectivity index (χ3v) is 1.39. The molecule has 2 N–H and O–H groups in total. The summed E-state index contributed by atoms with van der Waals surface area (Å²) in [6.45, 7) is 2.89. The summed E-state index contributed by atoms with van der Waals surface area (Å²) in [6.07, 6.45) is 0.230. The highest BCUT2D eigenvalue weighted by molar-refractivity contribution is 5.98. The Morgan fingerprint density at radius 2 is 1.64 bits per heavy atom. The van der Waals surface area contributed by atoms with Gasteiger partial charge in [-0.1, -0.05) is 6.92 Å². The second-order valence-electron chi connectivity index (χ2n) is 2.07. The van der Waals surface area contributed by atoms with E-state index >= 15 is 0 Å². The molecule has 0 aromatic carbocycles. The first-order valence-electron chi connectivity index (χ1n) is 3.17. The van der Waals surface area contributed by atoms with Crippen LogP contribution in [0, 0.1) is 0 Å². The van der Waals surface area contributed by atoms with E-state index in [0.717, 1.165) is 0 Å². The Morgan fingerprint density at radius 1 is 1.18 bits per heavy atom. The number of hydrogen-bond donors (Lipinski definition) is 2. The van der Waals surface area contributed by atoms with Crippen LogP contribution < -0.4 is 0 Å². The third kappa shape index (κ3) is 2.41. The Hall–Kier alpha value is -1.32. The van der Waals surface area contributed by atoms with Gasteiger partial charge in [0, 0.05) is 11.1 Å². The second-order valence-corrected chi connectivity index (χ2v) is 2.07. The van der Waals surface area contributed by atoms with Crippen molar-refractivity contribution in [2.24, 2.45) is 0 Å². The zero-order chi connectivity index (χ0) is 9.02. The van der Waals surface area contributed by atoms with Crippen LogP contribution in [0.3, 0.4) is 0 Å². The van der Waals surface area contributed by atoms with Crippen molar-refractivity contribution in [2.45, 2.75) is 20.3 Å². The topological polar surface area (TPSA) is 74.6 Å². The van der Waals surface area contributed by atoms with Gasteiger partial charge < -0.3 is 10.2 Å². The Kier molecular flexibility index (Phi) is 3.30. The maximum absolute atomic E-state index is 10.4. The van der Waals surface area contributed by atoms with Crippen LogP contribution in [-0.4, -0.2) is 22.2 Å². The van der Waals surface area contributed by atoms with Gasteiger partial charge in [0.2, 0.25) is 0 Å². The highest BCUT2D eigenvalue weighted by Crippen LogP contribution is 2.08. The standard InChI is InChI=1S/C7H10O4/c1-3-5(7(10)11)4(2)6(8)9/h3H2,1-2H3,(H,8,9)(H,10,11)/b5-4-. The molecule has 0 aliphatic heterocycles. The lowest BCUT2D eigenvalue weighted by Crippen LogP contribution is -2.08. The predicted octanol–water partition coefficient (Wildman–Crippen LogP) is 0.882. The maximum atomic E-state index is 10.4. The number of hydrogen-bond acceptors (Lipinski definition) is 2. The van der Waals surface area contributed by atoms with Crippen molar-refractivity contribution >= 4 is 11.9 Å². The van der Waals surface area contributed by atoms with Crippen molar-refractivity contribution < 1.29 is 19.8 Å². The maximum Gasteiger partial charge on any atom is 0.332 e. The van der Waals surface area contributed by atoms with E-state index in [1.54, 1.807) is 6.92 Å². The Morgan fingerprint density at radius 3 is 1.73 bits per heavy atom. The molecule has 4 heteroatoms. The molecule has 0 spiro atoms. The average Bonchev–Trinajstić information content (AvgIpc) is 1.88. The molecular weight excluding hydrogens is 148 g/mol. The number of rotatable bonds is 3. The van der Waals surface area contributed by atoms with Gasteiger partial charge in [0.05, 0.1) is 0 Å². The molecule has 0 rings (SSSR count). The van der Waals surface area contributed by atoms with Crippen LogP contribution in [0.4, 0.5) is 0 Å². The van der Waals surface area contributed by atoms with Crippen LogP contribution in [0.25, 0.3) is 0 Å². The van der Waals surface area contributed by atoms with Gasteiger partial charge >= 0.3 is 11.9 Å². The molecule has 0 heterocycles. The fourth-order valence-corrected chi connectivity index (χ4v) is 0.706. The average molecular weight is 158 g/mol. The molecular formula is C7H10O4. The predicted molar refractivity (Wildman–Crippen MR) is 38.3 cm³/mol. The summed E-state index contributed by atoms with van der Waals surface area (Å²) in [6, 6.07) is 0. The van der Waals surface area contributed by atoms with Crippen molar-refractivity contribution in [2.75, 3.05) is 0 Å². The first-order chi connectivity index (χ1) is 5.00. The summed E-state index contributed by atoms with van der Waals surface area (Å²) in [4.78, 5) is 20.6. The molecule has 0 aliphatic carbocycles. The molecule has 0 aliphatic rings. The summed E-state index contributed by atoms with van der Waals surface area (Å²) in [5.74, 6) is -2.34. The highest BCUT2D eigenvalue weighted by Gasteiger charge is 2.13. The molecule has 0 aromatic rings. The lowest BCUT2D eigenvalue weighted by Gasteiger charge is -1.99. The third-order valence-electron chi connectivity index (χ3n) is 1.39. The molecule has 0 bridgehead atoms. The summed E-state index contributed by atoms with van der Waals surface area (Å²) in [5, 5.41) is 16.9. The van der Waals surface area contributed by atoms with Gasteiger partial charge in [0.15, 0.2) is 0 Å². The van der Waals surface area contributed by atoms with Crippen LogP contribution in [0.2, 0.25) is 0 Å². The van der Waals surface area contributed by atoms with Crippen LogP contribution in [-0.2, 0) is 9.59 Å². The molecule has 4 nitrogen and oxygen atoms in total. The molecule has 62 valence electrons. The van der Waals surface area contributed by atoms with Crippen LogP contribution >= 0.6 is 0 Å². The smallest absolute Gasteiger partial charge is 0.332 e. The van der Waals surface area contributed by atoms with Crippen molar-refractivity contribution in [1.82, 2.24) is 0 Å². The van der Waals surface area contributed by atoms with Gasteiger partial charge in [-0.3, -0.25) is 0 Å². The van der Waals surface area contributed by atoms with E-state index in [2.05, 4.69) is 0 Å².